The van der Waals surface area contributed by atoms with Gasteiger partial charge in [-0.25, -0.2) is 0 Å². The molecule has 1 aromatic carbocycles. The predicted molar refractivity (Wildman–Crippen MR) is 72.7 cm³/mol. The van der Waals surface area contributed by atoms with Crippen LogP contribution in [0.1, 0.15) is 0 Å². The molecule has 0 aromatic heterocycles. The fourth-order valence-corrected chi connectivity index (χ4v) is 1.81. The second-order valence-electron chi connectivity index (χ2n) is 3.92. The number of benzene rings is 1. The van der Waals surface area contributed by atoms with Crippen LogP contribution in [0, 0.1) is 10.1 Å². The molecule has 0 amide bonds. The topological polar surface area (TPSA) is 88.1 Å². The van der Waals surface area contributed by atoms with Crippen LogP contribution in [0.2, 0.25) is 0 Å². The van der Waals surface area contributed by atoms with Crippen molar-refractivity contribution in [2.24, 2.45) is 10.2 Å². The summed E-state index contributed by atoms with van der Waals surface area (Å²) >= 11 is 4.07. The quantitative estimate of drug-likeness (QED) is 0.385. The number of phenols is 1. The first-order valence-corrected chi connectivity index (χ1v) is 5.94. The number of nitro groups is 1. The minimum Gasteiger partial charge on any atom is -0.506 e. The summed E-state index contributed by atoms with van der Waals surface area (Å²) in [6.07, 6.45) is 6.34. The Morgan fingerprint density at radius 3 is 2.74 bits per heavy atom. The molecule has 1 aliphatic carbocycles. The van der Waals surface area contributed by atoms with E-state index in [0.29, 0.717) is 4.90 Å². The van der Waals surface area contributed by atoms with Gasteiger partial charge in [0.1, 0.15) is 11.4 Å². The second kappa shape index (κ2) is 5.66. The highest BCUT2D eigenvalue weighted by Gasteiger charge is 2.28. The van der Waals surface area contributed by atoms with Crippen molar-refractivity contribution in [1.29, 1.82) is 0 Å². The van der Waals surface area contributed by atoms with E-state index in [2.05, 4.69) is 22.9 Å². The second-order valence-corrected chi connectivity index (χ2v) is 4.44. The van der Waals surface area contributed by atoms with E-state index in [0.717, 1.165) is 0 Å². The van der Waals surface area contributed by atoms with Crippen molar-refractivity contribution in [2.45, 2.75) is 17.0 Å². The van der Waals surface area contributed by atoms with E-state index in [1.54, 1.807) is 30.4 Å². The predicted octanol–water partition coefficient (Wildman–Crippen LogP) is 2.90. The average molecular weight is 277 g/mol. The molecule has 2 atom stereocenters. The van der Waals surface area contributed by atoms with E-state index in [-0.39, 0.29) is 11.4 Å². The van der Waals surface area contributed by atoms with Crippen molar-refractivity contribution in [3.05, 3.63) is 52.6 Å². The summed E-state index contributed by atoms with van der Waals surface area (Å²) in [5.74, 6) is -0.0655. The molecule has 98 valence electrons. The molecule has 0 radical (unpaired) electrons. The van der Waals surface area contributed by atoms with Gasteiger partial charge in [-0.2, -0.15) is 10.2 Å². The zero-order valence-electron chi connectivity index (χ0n) is 9.75. The number of hydrogen-bond donors (Lipinski definition) is 2. The highest BCUT2D eigenvalue weighted by molar-refractivity contribution is 7.80. The number of nitrogens with zero attached hydrogens (tertiary/aromatic N) is 3. The first kappa shape index (κ1) is 13.3. The molecule has 0 saturated carbocycles. The van der Waals surface area contributed by atoms with Gasteiger partial charge in [0.25, 0.3) is 6.04 Å². The van der Waals surface area contributed by atoms with Gasteiger partial charge in [-0.1, -0.05) is 18.2 Å². The molecule has 0 aliphatic heterocycles. The van der Waals surface area contributed by atoms with Gasteiger partial charge in [-0.05, 0) is 24.3 Å². The van der Waals surface area contributed by atoms with E-state index < -0.39 is 17.0 Å². The summed E-state index contributed by atoms with van der Waals surface area (Å²) in [5, 5.41) is 28.2. The number of allylic oxidation sites excluding steroid dienone is 2. The number of azo groups is 1. The van der Waals surface area contributed by atoms with Gasteiger partial charge in [0, 0.05) is 9.82 Å². The number of thiol groups is 1. The Bertz CT molecular complexity index is 584. The van der Waals surface area contributed by atoms with Gasteiger partial charge < -0.3 is 5.11 Å². The van der Waals surface area contributed by atoms with Crippen molar-refractivity contribution < 1.29 is 10.0 Å². The van der Waals surface area contributed by atoms with E-state index in [9.17, 15) is 15.2 Å². The van der Waals surface area contributed by atoms with Gasteiger partial charge in [0.05, 0.1) is 0 Å². The lowest BCUT2D eigenvalue weighted by Crippen LogP contribution is -2.30. The molecule has 0 saturated heterocycles. The van der Waals surface area contributed by atoms with Crippen LogP contribution in [0.4, 0.5) is 5.69 Å². The SMILES string of the molecule is O=[N+]([O-])C1C=CC=CC1N=Nc1ccc(S)cc1O. The maximum absolute atomic E-state index is 10.8. The number of aromatic hydroxyl groups is 1. The standard InChI is InChI=1S/C12H11N3O3S/c16-12-7-8(19)5-6-10(12)14-13-9-3-1-2-4-11(9)15(17)18/h1-7,9,11,16,19H. The molecule has 0 bridgehead atoms. The Morgan fingerprint density at radius 1 is 1.32 bits per heavy atom. The minimum atomic E-state index is -0.931. The fourth-order valence-electron chi connectivity index (χ4n) is 1.61. The van der Waals surface area contributed by atoms with Crippen molar-refractivity contribution in [2.75, 3.05) is 0 Å². The highest BCUT2D eigenvalue weighted by atomic mass is 32.1. The molecule has 6 nitrogen and oxygen atoms in total. The maximum Gasteiger partial charge on any atom is 0.258 e. The normalized spacial score (nSPS) is 21.9. The van der Waals surface area contributed by atoms with Crippen molar-refractivity contribution in [3.63, 3.8) is 0 Å². The molecule has 19 heavy (non-hydrogen) atoms. The molecule has 0 heterocycles. The minimum absolute atomic E-state index is 0.0655. The Labute approximate surface area is 114 Å². The average Bonchev–Trinajstić information content (AvgIpc) is 2.38. The molecular formula is C12H11N3O3S. The third-order valence-corrected chi connectivity index (χ3v) is 2.86. The van der Waals surface area contributed by atoms with Crippen LogP contribution in [0.5, 0.6) is 5.75 Å². The monoisotopic (exact) mass is 277 g/mol. The summed E-state index contributed by atoms with van der Waals surface area (Å²) in [4.78, 5) is 11.0. The Morgan fingerprint density at radius 2 is 2.05 bits per heavy atom. The van der Waals surface area contributed by atoms with Gasteiger partial charge in [-0.3, -0.25) is 10.1 Å². The van der Waals surface area contributed by atoms with Crippen LogP contribution in [-0.4, -0.2) is 22.1 Å². The van der Waals surface area contributed by atoms with Gasteiger partial charge in [-0.15, -0.1) is 12.6 Å². The Hall–Kier alpha value is -2.15. The smallest absolute Gasteiger partial charge is 0.258 e. The summed E-state index contributed by atoms with van der Waals surface area (Å²) in [6, 6.07) is 3.03. The van der Waals surface area contributed by atoms with Gasteiger partial charge in [0.2, 0.25) is 0 Å². The molecule has 2 rings (SSSR count). The van der Waals surface area contributed by atoms with E-state index in [1.165, 1.54) is 12.1 Å². The number of rotatable bonds is 3. The summed E-state index contributed by atoms with van der Waals surface area (Å²) in [7, 11) is 0. The van der Waals surface area contributed by atoms with Gasteiger partial charge >= 0.3 is 0 Å². The molecule has 2 unspecified atom stereocenters. The fraction of sp³-hybridized carbons (Fsp3) is 0.167. The summed E-state index contributed by atoms with van der Waals surface area (Å²) in [5.41, 5.74) is 0.253. The Balaban J connectivity index is 2.19. The first-order chi connectivity index (χ1) is 9.08. The summed E-state index contributed by atoms with van der Waals surface area (Å²) < 4.78 is 0. The van der Waals surface area contributed by atoms with E-state index >= 15 is 0 Å². The zero-order chi connectivity index (χ0) is 13.8. The van der Waals surface area contributed by atoms with Crippen LogP contribution in [-0.2, 0) is 0 Å². The van der Waals surface area contributed by atoms with Crippen molar-refractivity contribution >= 4 is 18.3 Å². The van der Waals surface area contributed by atoms with Crippen LogP contribution in [0.3, 0.4) is 0 Å². The third-order valence-electron chi connectivity index (χ3n) is 2.58. The molecule has 0 fully saturated rings. The molecule has 1 N–H and O–H groups in total. The zero-order valence-corrected chi connectivity index (χ0v) is 10.6. The highest BCUT2D eigenvalue weighted by Crippen LogP contribution is 2.29. The van der Waals surface area contributed by atoms with Crippen LogP contribution < -0.4 is 0 Å². The van der Waals surface area contributed by atoms with Crippen molar-refractivity contribution in [3.8, 4) is 5.75 Å². The number of phenolic OH excluding ortho intramolecular Hbond substituents is 1. The third kappa shape index (κ3) is 3.19. The van der Waals surface area contributed by atoms with Crippen LogP contribution in [0.25, 0.3) is 0 Å². The van der Waals surface area contributed by atoms with Gasteiger partial charge in [0.15, 0.2) is 6.04 Å². The lowest BCUT2D eigenvalue weighted by atomic mass is 10.1. The largest absolute Gasteiger partial charge is 0.506 e. The van der Waals surface area contributed by atoms with Crippen LogP contribution >= 0.6 is 12.6 Å². The molecule has 0 spiro atoms. The van der Waals surface area contributed by atoms with Crippen LogP contribution in [0.15, 0.2) is 57.6 Å². The number of hydrogen-bond acceptors (Lipinski definition) is 6. The lowest BCUT2D eigenvalue weighted by Gasteiger charge is -2.12. The van der Waals surface area contributed by atoms with Crippen molar-refractivity contribution in [1.82, 2.24) is 0 Å². The molecule has 1 aliphatic rings. The van der Waals surface area contributed by atoms with E-state index in [4.69, 9.17) is 0 Å². The van der Waals surface area contributed by atoms with E-state index in [1.807, 2.05) is 0 Å². The first-order valence-electron chi connectivity index (χ1n) is 5.49. The lowest BCUT2D eigenvalue weighted by molar-refractivity contribution is -0.510. The molecule has 7 heteroatoms. The molecular weight excluding hydrogens is 266 g/mol. The summed E-state index contributed by atoms with van der Waals surface area (Å²) in [6.45, 7) is 0. The maximum atomic E-state index is 10.8. The molecule has 1 aromatic rings. The Kier molecular flexibility index (Phi) is 3.96.